The summed E-state index contributed by atoms with van der Waals surface area (Å²) in [5, 5.41) is 27.5. The second-order valence-corrected chi connectivity index (χ2v) is 9.36. The summed E-state index contributed by atoms with van der Waals surface area (Å²) in [5.41, 5.74) is 0.182. The minimum Gasteiger partial charge on any atom is -0.480 e. The monoisotopic (exact) mass is 465 g/mol. The van der Waals surface area contributed by atoms with Crippen molar-refractivity contribution in [2.24, 2.45) is 0 Å². The average Bonchev–Trinajstić information content (AvgIpc) is 3.23. The summed E-state index contributed by atoms with van der Waals surface area (Å²) in [6, 6.07) is -0.786. The largest absolute Gasteiger partial charge is 0.480 e. The molecule has 0 saturated carbocycles. The zero-order chi connectivity index (χ0) is 22.9. The van der Waals surface area contributed by atoms with Gasteiger partial charge in [-0.25, -0.2) is 0 Å². The molecule has 2 aliphatic heterocycles. The first-order chi connectivity index (χ1) is 14.1. The quantitative estimate of drug-likeness (QED) is 0.268. The van der Waals surface area contributed by atoms with Crippen molar-refractivity contribution in [2.75, 3.05) is 58.6 Å². The average molecular weight is 466 g/mol. The molecular formula is C18H32N3O7PS. The van der Waals surface area contributed by atoms with E-state index in [1.165, 1.54) is 0 Å². The van der Waals surface area contributed by atoms with E-state index >= 15 is 0 Å². The van der Waals surface area contributed by atoms with Crippen molar-refractivity contribution < 1.29 is 34.5 Å². The van der Waals surface area contributed by atoms with Gasteiger partial charge in [0.1, 0.15) is 6.04 Å². The molecule has 0 aromatic carbocycles. The molecular weight excluding hydrogens is 433 g/mol. The van der Waals surface area contributed by atoms with E-state index in [1.807, 2.05) is 6.92 Å². The van der Waals surface area contributed by atoms with Crippen LogP contribution in [0.5, 0.6) is 0 Å². The van der Waals surface area contributed by atoms with Crippen molar-refractivity contribution in [1.82, 2.24) is 14.7 Å². The van der Waals surface area contributed by atoms with Gasteiger partial charge in [-0.05, 0) is 34.6 Å². The Balaban J connectivity index is 0.00000218. The fourth-order valence-electron chi connectivity index (χ4n) is 3.45. The van der Waals surface area contributed by atoms with Gasteiger partial charge in [0.15, 0.2) is 5.52 Å². The zero-order valence-electron chi connectivity index (χ0n) is 17.4. The second kappa shape index (κ2) is 12.6. The maximum absolute atomic E-state index is 11.9. The molecule has 0 spiro atoms. The summed E-state index contributed by atoms with van der Waals surface area (Å²) in [5.74, 6) is -2.94. The molecule has 3 N–H and O–H groups in total. The summed E-state index contributed by atoms with van der Waals surface area (Å²) in [6.07, 6.45) is 2.54. The van der Waals surface area contributed by atoms with Gasteiger partial charge in [0.2, 0.25) is 0 Å². The highest BCUT2D eigenvalue weighted by Gasteiger charge is 2.49. The first-order valence-electron chi connectivity index (χ1n) is 9.73. The van der Waals surface area contributed by atoms with E-state index in [4.69, 9.17) is 10.2 Å². The predicted molar refractivity (Wildman–Crippen MR) is 117 cm³/mol. The van der Waals surface area contributed by atoms with E-state index in [9.17, 15) is 24.3 Å². The van der Waals surface area contributed by atoms with Gasteiger partial charge in [0, 0.05) is 39.3 Å². The molecule has 2 saturated heterocycles. The molecule has 0 bridgehead atoms. The maximum atomic E-state index is 11.9. The van der Waals surface area contributed by atoms with Gasteiger partial charge >= 0.3 is 17.9 Å². The Kier molecular flexibility index (Phi) is 11.2. The van der Waals surface area contributed by atoms with Crippen LogP contribution in [0.3, 0.4) is 0 Å². The van der Waals surface area contributed by atoms with Gasteiger partial charge in [-0.2, -0.15) is 12.6 Å². The maximum Gasteiger partial charge on any atom is 0.320 e. The third-order valence-corrected chi connectivity index (χ3v) is 6.89. The minimum atomic E-state index is -0.980. The first kappa shape index (κ1) is 26.8. The molecule has 172 valence electrons. The Morgan fingerprint density at radius 1 is 0.967 bits per heavy atom. The number of carbonyl (C=O) groups is 4. The van der Waals surface area contributed by atoms with Crippen LogP contribution in [0, 0.1) is 0 Å². The summed E-state index contributed by atoms with van der Waals surface area (Å²) < 4.78 is 0. The van der Waals surface area contributed by atoms with Crippen LogP contribution < -0.4 is 0 Å². The molecule has 2 fully saturated rings. The zero-order valence-corrected chi connectivity index (χ0v) is 19.3. The summed E-state index contributed by atoms with van der Waals surface area (Å²) in [6.45, 7) is 3.81. The van der Waals surface area contributed by atoms with Crippen molar-refractivity contribution in [1.29, 1.82) is 0 Å². The standard InChI is InChI=1S/C17H28N3O7P.CH4S/c1-17(16(27)28-17)3-2-12(15(25)26)20-8-6-18(10-13(21)22)4-5-19(7-9-20)11-14(23)24;1-2/h12,28H,2-11H2,1H3,(H,21,22)(H,23,24)(H,25,26);2H,1H3. The van der Waals surface area contributed by atoms with Gasteiger partial charge < -0.3 is 15.3 Å². The number of carboxylic acid groups (broad SMARTS) is 3. The van der Waals surface area contributed by atoms with Crippen molar-refractivity contribution in [2.45, 2.75) is 31.0 Å². The summed E-state index contributed by atoms with van der Waals surface area (Å²) >= 11 is 3.53. The van der Waals surface area contributed by atoms with Crippen LogP contribution in [0.25, 0.3) is 0 Å². The van der Waals surface area contributed by atoms with Crippen LogP contribution in [0.1, 0.15) is 19.8 Å². The summed E-state index contributed by atoms with van der Waals surface area (Å²) in [7, 11) is 0.238. The number of aliphatic carboxylic acids is 3. The molecule has 2 heterocycles. The molecule has 12 heteroatoms. The molecule has 0 aromatic heterocycles. The highest BCUT2D eigenvalue weighted by Crippen LogP contribution is 2.56. The Morgan fingerprint density at radius 3 is 1.70 bits per heavy atom. The number of rotatable bonds is 9. The van der Waals surface area contributed by atoms with Crippen LogP contribution in [0.2, 0.25) is 0 Å². The minimum absolute atomic E-state index is 0.180. The van der Waals surface area contributed by atoms with Crippen LogP contribution >= 0.6 is 21.2 Å². The molecule has 0 radical (unpaired) electrons. The smallest absolute Gasteiger partial charge is 0.320 e. The Morgan fingerprint density at radius 2 is 1.37 bits per heavy atom. The van der Waals surface area contributed by atoms with Gasteiger partial charge in [-0.15, -0.1) is 0 Å². The van der Waals surface area contributed by atoms with Crippen LogP contribution in [-0.2, 0) is 19.2 Å². The van der Waals surface area contributed by atoms with E-state index in [1.54, 1.807) is 21.0 Å². The van der Waals surface area contributed by atoms with E-state index in [-0.39, 0.29) is 27.2 Å². The summed E-state index contributed by atoms with van der Waals surface area (Å²) in [4.78, 5) is 50.8. The first-order valence-corrected chi connectivity index (χ1v) is 11.6. The molecule has 30 heavy (non-hydrogen) atoms. The predicted octanol–water partition coefficient (Wildman–Crippen LogP) is -0.168. The molecule has 0 aromatic rings. The lowest BCUT2D eigenvalue weighted by Gasteiger charge is -2.31. The lowest BCUT2D eigenvalue weighted by atomic mass is 10.0. The van der Waals surface area contributed by atoms with Crippen molar-refractivity contribution in [3.8, 4) is 0 Å². The highest BCUT2D eigenvalue weighted by atomic mass is 32.1. The van der Waals surface area contributed by atoms with Gasteiger partial charge in [0.25, 0.3) is 0 Å². The van der Waals surface area contributed by atoms with Crippen LogP contribution in [0.4, 0.5) is 0 Å². The van der Waals surface area contributed by atoms with Gasteiger partial charge in [-0.1, -0.05) is 0 Å². The Labute approximate surface area is 183 Å². The molecule has 0 aliphatic carbocycles. The van der Waals surface area contributed by atoms with E-state index in [2.05, 4.69) is 12.6 Å². The second-order valence-electron chi connectivity index (χ2n) is 7.55. The highest BCUT2D eigenvalue weighted by molar-refractivity contribution is 7.79. The lowest BCUT2D eigenvalue weighted by Crippen LogP contribution is -2.47. The third kappa shape index (κ3) is 8.85. The van der Waals surface area contributed by atoms with E-state index in [0.29, 0.717) is 52.1 Å². The van der Waals surface area contributed by atoms with Crippen LogP contribution in [-0.4, -0.2) is 123 Å². The van der Waals surface area contributed by atoms with Gasteiger partial charge in [0.05, 0.1) is 18.2 Å². The number of thiol groups is 1. The topological polar surface area (TPSA) is 139 Å². The van der Waals surface area contributed by atoms with Crippen LogP contribution in [0.15, 0.2) is 0 Å². The lowest BCUT2D eigenvalue weighted by molar-refractivity contribution is -0.144. The fraction of sp³-hybridized carbons (Fsp3) is 0.778. The molecule has 2 aliphatic rings. The third-order valence-electron chi connectivity index (χ3n) is 5.33. The Hall–Kier alpha value is -1.26. The van der Waals surface area contributed by atoms with Gasteiger partial charge in [-0.3, -0.25) is 33.9 Å². The van der Waals surface area contributed by atoms with Crippen molar-refractivity contribution >= 4 is 44.6 Å². The fourth-order valence-corrected chi connectivity index (χ4v) is 4.28. The van der Waals surface area contributed by atoms with E-state index < -0.39 is 29.1 Å². The number of carbonyl (C=O) groups excluding carboxylic acids is 1. The molecule has 0 amide bonds. The number of hydrogen-bond donors (Lipinski definition) is 4. The Bertz CT molecular complexity index is 611. The molecule has 2 rings (SSSR count). The molecule has 3 unspecified atom stereocenters. The molecule has 3 atom stereocenters. The number of nitrogens with zero attached hydrogens (tertiary/aromatic N) is 3. The SMILES string of the molecule is CC1(CCC(C(=O)O)N2CCN(CC(=O)O)CCN(CC(=O)O)CC2)PC1=O.CS. The molecule has 10 nitrogen and oxygen atoms in total. The normalized spacial score (nSPS) is 25.4. The van der Waals surface area contributed by atoms with E-state index in [0.717, 1.165) is 0 Å². The van der Waals surface area contributed by atoms with Crippen molar-refractivity contribution in [3.05, 3.63) is 0 Å². The van der Waals surface area contributed by atoms with Crippen molar-refractivity contribution in [3.63, 3.8) is 0 Å². The number of carboxylic acids is 3. The number of hydrogen-bond acceptors (Lipinski definition) is 8.